The molecule has 42 heavy (non-hydrogen) atoms. The average Bonchev–Trinajstić information content (AvgIpc) is 3.19. The molecular weight excluding hydrogens is 546 g/mol. The zero-order chi connectivity index (χ0) is 30.3. The fourth-order valence-corrected chi connectivity index (χ4v) is 8.93. The number of benzene rings is 1. The molecule has 1 amide bonds. The molecule has 3 aliphatic carbocycles. The fraction of sp³-hybridized carbons (Fsp3) is 0.750. The second-order valence-electron chi connectivity index (χ2n) is 13.8. The fourth-order valence-electron chi connectivity index (χ4n) is 8.49. The summed E-state index contributed by atoms with van der Waals surface area (Å²) >= 11 is 6.61. The van der Waals surface area contributed by atoms with E-state index >= 15 is 0 Å². The molecule has 0 unspecified atom stereocenters. The van der Waals surface area contributed by atoms with Gasteiger partial charge in [-0.3, -0.25) is 14.4 Å². The molecule has 5 nitrogen and oxygen atoms in total. The highest BCUT2D eigenvalue weighted by molar-refractivity contribution is 6.32. The Morgan fingerprint density at radius 1 is 1.05 bits per heavy atom. The van der Waals surface area contributed by atoms with E-state index in [1.54, 1.807) is 0 Å². The quantitative estimate of drug-likeness (QED) is 0.0876. The maximum atomic E-state index is 13.2. The first-order valence-electron chi connectivity index (χ1n) is 16.9. The molecule has 0 bridgehead atoms. The Hall–Kier alpha value is -1.88. The van der Waals surface area contributed by atoms with Gasteiger partial charge in [0.05, 0.1) is 5.38 Å². The topological polar surface area (TPSA) is 63.7 Å². The second kappa shape index (κ2) is 15.2. The molecule has 3 aliphatic rings. The van der Waals surface area contributed by atoms with Gasteiger partial charge in [0.2, 0.25) is 5.91 Å². The Balaban J connectivity index is 1.26. The molecule has 0 N–H and O–H groups in total. The number of carbonyl (C=O) groups excluding carboxylic acids is 3. The highest BCUT2D eigenvalue weighted by Crippen LogP contribution is 2.62. The molecule has 0 radical (unpaired) electrons. The van der Waals surface area contributed by atoms with Crippen LogP contribution < -0.4 is 4.74 Å². The van der Waals surface area contributed by atoms with Gasteiger partial charge in [-0.25, -0.2) is 0 Å². The number of ketones is 1. The molecule has 2 saturated carbocycles. The normalized spacial score (nSPS) is 28.1. The molecule has 234 valence electrons. The third kappa shape index (κ3) is 7.79. The number of carbonyl (C=O) groups is 3. The predicted molar refractivity (Wildman–Crippen MR) is 170 cm³/mol. The highest BCUT2D eigenvalue weighted by Gasteiger charge is 2.59. The number of halogens is 1. The minimum Gasteiger partial charge on any atom is -0.427 e. The van der Waals surface area contributed by atoms with E-state index < -0.39 is 0 Å². The molecule has 4 rings (SSSR count). The zero-order valence-corrected chi connectivity index (χ0v) is 27.4. The van der Waals surface area contributed by atoms with E-state index in [1.165, 1.54) is 63.0 Å². The van der Waals surface area contributed by atoms with Crippen LogP contribution in [0.2, 0.25) is 0 Å². The standard InChI is InChI=1S/C36H54ClNO4/c1-5-6-21-38(4)33(40)16-14-12-10-8-7-9-11-13-15-26-22-27-23-28(42-25(2)39)17-18-29(27)30-19-20-36(3)31(34(26)30)24-32(37)35(36)41/h17-18,23,26,30-32,34H,5-16,19-22,24H2,1-4H3/t26-,30-,31+,32-,34-,36+/m1/s1. The summed E-state index contributed by atoms with van der Waals surface area (Å²) in [5, 5.41) is -0.341. The maximum Gasteiger partial charge on any atom is 0.308 e. The van der Waals surface area contributed by atoms with Gasteiger partial charge in [0.15, 0.2) is 5.78 Å². The van der Waals surface area contributed by atoms with E-state index in [9.17, 15) is 14.4 Å². The van der Waals surface area contributed by atoms with Gasteiger partial charge in [0, 0.05) is 32.4 Å². The van der Waals surface area contributed by atoms with E-state index in [0.29, 0.717) is 41.7 Å². The lowest BCUT2D eigenvalue weighted by Gasteiger charge is -2.51. The summed E-state index contributed by atoms with van der Waals surface area (Å²) in [6, 6.07) is 6.22. The lowest BCUT2D eigenvalue weighted by molar-refractivity contribution is -0.132. The predicted octanol–water partition coefficient (Wildman–Crippen LogP) is 8.64. The van der Waals surface area contributed by atoms with Crippen molar-refractivity contribution >= 4 is 29.3 Å². The monoisotopic (exact) mass is 599 g/mol. The van der Waals surface area contributed by atoms with Gasteiger partial charge < -0.3 is 9.64 Å². The van der Waals surface area contributed by atoms with Crippen LogP contribution in [0.5, 0.6) is 5.75 Å². The lowest BCUT2D eigenvalue weighted by atomic mass is 9.52. The Morgan fingerprint density at radius 3 is 2.43 bits per heavy atom. The van der Waals surface area contributed by atoms with Crippen molar-refractivity contribution in [3.8, 4) is 5.75 Å². The van der Waals surface area contributed by atoms with Crippen molar-refractivity contribution < 1.29 is 19.1 Å². The summed E-state index contributed by atoms with van der Waals surface area (Å²) in [7, 11) is 1.93. The van der Waals surface area contributed by atoms with E-state index in [2.05, 4.69) is 26.0 Å². The number of hydrogen-bond acceptors (Lipinski definition) is 4. The molecule has 2 fully saturated rings. The first-order valence-corrected chi connectivity index (χ1v) is 17.3. The molecule has 0 heterocycles. The van der Waals surface area contributed by atoms with Gasteiger partial charge >= 0.3 is 5.97 Å². The molecule has 6 heteroatoms. The number of rotatable bonds is 15. The van der Waals surface area contributed by atoms with E-state index in [1.807, 2.05) is 18.0 Å². The molecule has 6 atom stereocenters. The third-order valence-corrected chi connectivity index (χ3v) is 11.2. The van der Waals surface area contributed by atoms with E-state index in [0.717, 1.165) is 57.9 Å². The van der Waals surface area contributed by atoms with Crippen LogP contribution in [0.4, 0.5) is 0 Å². The Bertz CT molecular complexity index is 1090. The number of esters is 1. The molecule has 0 aromatic heterocycles. The lowest BCUT2D eigenvalue weighted by Crippen LogP contribution is -2.46. The van der Waals surface area contributed by atoms with Crippen molar-refractivity contribution in [2.24, 2.45) is 23.2 Å². The van der Waals surface area contributed by atoms with Crippen LogP contribution in [0, 0.1) is 23.2 Å². The summed E-state index contributed by atoms with van der Waals surface area (Å²) < 4.78 is 5.44. The number of hydrogen-bond donors (Lipinski definition) is 0. The second-order valence-corrected chi connectivity index (χ2v) is 14.3. The smallest absolute Gasteiger partial charge is 0.308 e. The van der Waals surface area contributed by atoms with Crippen molar-refractivity contribution in [3.63, 3.8) is 0 Å². The Labute approximate surface area is 259 Å². The van der Waals surface area contributed by atoms with Crippen LogP contribution in [0.1, 0.15) is 134 Å². The minimum atomic E-state index is -0.341. The van der Waals surface area contributed by atoms with Gasteiger partial charge in [0.1, 0.15) is 5.75 Å². The van der Waals surface area contributed by atoms with Crippen LogP contribution in [0.25, 0.3) is 0 Å². The first-order chi connectivity index (χ1) is 20.2. The zero-order valence-electron chi connectivity index (χ0n) is 26.6. The number of ether oxygens (including phenoxy) is 1. The third-order valence-electron chi connectivity index (χ3n) is 10.8. The Kier molecular flexibility index (Phi) is 12.0. The molecule has 0 aliphatic heterocycles. The number of unbranched alkanes of at least 4 members (excludes halogenated alkanes) is 8. The molecule has 1 aromatic carbocycles. The van der Waals surface area contributed by atoms with Crippen molar-refractivity contribution in [3.05, 3.63) is 29.3 Å². The van der Waals surface area contributed by atoms with Crippen molar-refractivity contribution in [1.29, 1.82) is 0 Å². The number of alkyl halides is 1. The van der Waals surface area contributed by atoms with Crippen molar-refractivity contribution in [2.75, 3.05) is 13.6 Å². The van der Waals surface area contributed by atoms with Crippen LogP contribution in [-0.2, 0) is 20.8 Å². The number of amides is 1. The maximum absolute atomic E-state index is 13.2. The largest absolute Gasteiger partial charge is 0.427 e. The van der Waals surface area contributed by atoms with Crippen LogP contribution in [0.3, 0.4) is 0 Å². The van der Waals surface area contributed by atoms with Gasteiger partial charge in [-0.1, -0.05) is 71.3 Å². The minimum absolute atomic E-state index is 0.273. The first kappa shape index (κ1) is 33.0. The summed E-state index contributed by atoms with van der Waals surface area (Å²) in [5.74, 6) is 2.76. The van der Waals surface area contributed by atoms with E-state index in [-0.39, 0.29) is 22.5 Å². The molecule has 0 saturated heterocycles. The highest BCUT2D eigenvalue weighted by atomic mass is 35.5. The van der Waals surface area contributed by atoms with Gasteiger partial charge in [-0.15, -0.1) is 11.6 Å². The molecule has 1 aromatic rings. The van der Waals surface area contributed by atoms with Crippen LogP contribution in [-0.4, -0.2) is 41.5 Å². The SMILES string of the molecule is CCCCN(C)C(=O)CCCCCCCCCC[C@@H]1Cc2cc(OC(C)=O)ccc2[C@H]2CC[C@]3(C)C(=O)[C@H](Cl)C[C@H]3[C@H]12. The van der Waals surface area contributed by atoms with Gasteiger partial charge in [0.25, 0.3) is 0 Å². The number of nitrogens with zero attached hydrogens (tertiary/aromatic N) is 1. The summed E-state index contributed by atoms with van der Waals surface area (Å²) in [5.41, 5.74) is 2.44. The molecular formula is C36H54ClNO4. The van der Waals surface area contributed by atoms with Crippen LogP contribution >= 0.6 is 11.6 Å². The summed E-state index contributed by atoms with van der Waals surface area (Å²) in [6.45, 7) is 6.68. The van der Waals surface area contributed by atoms with Gasteiger partial charge in [-0.2, -0.15) is 0 Å². The number of fused-ring (bicyclic) bond motifs is 5. The van der Waals surface area contributed by atoms with E-state index in [4.69, 9.17) is 16.3 Å². The summed E-state index contributed by atoms with van der Waals surface area (Å²) in [6.07, 6.45) is 17.4. The molecule has 0 spiro atoms. The van der Waals surface area contributed by atoms with Crippen molar-refractivity contribution in [2.45, 2.75) is 135 Å². The van der Waals surface area contributed by atoms with Gasteiger partial charge in [-0.05, 0) is 91.9 Å². The summed E-state index contributed by atoms with van der Waals surface area (Å²) in [4.78, 5) is 38.8. The van der Waals surface area contributed by atoms with Crippen LogP contribution in [0.15, 0.2) is 18.2 Å². The average molecular weight is 600 g/mol. The Morgan fingerprint density at radius 2 is 1.74 bits per heavy atom. The number of Topliss-reactive ketones (excluding diaryl/α,β-unsaturated/α-hetero) is 1. The van der Waals surface area contributed by atoms with Crippen molar-refractivity contribution in [1.82, 2.24) is 4.90 Å².